The third kappa shape index (κ3) is 1.43. The van der Waals surface area contributed by atoms with Crippen molar-refractivity contribution in [2.24, 2.45) is 5.92 Å². The lowest BCUT2D eigenvalue weighted by Gasteiger charge is -2.36. The fourth-order valence-electron chi connectivity index (χ4n) is 2.75. The molecule has 2 unspecified atom stereocenters. The minimum atomic E-state index is -0.180. The summed E-state index contributed by atoms with van der Waals surface area (Å²) in [5.41, 5.74) is 2.06. The van der Waals surface area contributed by atoms with Crippen LogP contribution in [-0.2, 0) is 0 Å². The topological polar surface area (TPSA) is 15.3 Å². The predicted octanol–water partition coefficient (Wildman–Crippen LogP) is 3.23. The van der Waals surface area contributed by atoms with Crippen LogP contribution >= 0.6 is 15.9 Å². The molecule has 0 aliphatic carbocycles. The zero-order chi connectivity index (χ0) is 11.3. The van der Waals surface area contributed by atoms with Gasteiger partial charge in [-0.25, -0.2) is 4.39 Å². The second kappa shape index (κ2) is 3.62. The van der Waals surface area contributed by atoms with Crippen LogP contribution in [0.15, 0.2) is 16.6 Å². The third-order valence-electron chi connectivity index (χ3n) is 3.73. The molecule has 0 bridgehead atoms. The molecule has 86 valence electrons. The molecule has 0 aromatic heterocycles. The Balaban J connectivity index is 2.06. The first kappa shape index (κ1) is 10.4. The Labute approximate surface area is 103 Å². The van der Waals surface area contributed by atoms with Gasteiger partial charge >= 0.3 is 0 Å². The van der Waals surface area contributed by atoms with Crippen molar-refractivity contribution in [3.05, 3.63) is 22.4 Å². The summed E-state index contributed by atoms with van der Waals surface area (Å²) in [5.74, 6) is 0.508. The van der Waals surface area contributed by atoms with Crippen molar-refractivity contribution in [3.8, 4) is 0 Å². The molecule has 2 aliphatic rings. The van der Waals surface area contributed by atoms with E-state index in [4.69, 9.17) is 0 Å². The van der Waals surface area contributed by atoms with Gasteiger partial charge in [-0.15, -0.1) is 0 Å². The molecule has 4 heteroatoms. The van der Waals surface area contributed by atoms with Crippen molar-refractivity contribution in [1.82, 2.24) is 0 Å². The van der Waals surface area contributed by atoms with E-state index in [2.05, 4.69) is 33.1 Å². The van der Waals surface area contributed by atoms with Crippen molar-refractivity contribution in [2.45, 2.75) is 19.4 Å². The first-order chi connectivity index (χ1) is 7.66. The van der Waals surface area contributed by atoms with E-state index in [-0.39, 0.29) is 5.82 Å². The van der Waals surface area contributed by atoms with E-state index in [1.165, 1.54) is 6.42 Å². The molecule has 0 saturated carbocycles. The maximum absolute atomic E-state index is 13.6. The summed E-state index contributed by atoms with van der Waals surface area (Å²) in [7, 11) is 0. The summed E-state index contributed by atoms with van der Waals surface area (Å²) in [4.78, 5) is 2.34. The monoisotopic (exact) mass is 284 g/mol. The van der Waals surface area contributed by atoms with Crippen LogP contribution in [0.4, 0.5) is 15.8 Å². The van der Waals surface area contributed by atoms with Gasteiger partial charge in [0.05, 0.1) is 15.8 Å². The lowest BCUT2D eigenvalue weighted by molar-refractivity contribution is 0.522. The van der Waals surface area contributed by atoms with Gasteiger partial charge in [-0.1, -0.05) is 6.92 Å². The Morgan fingerprint density at radius 3 is 3.12 bits per heavy atom. The molecule has 1 N–H and O–H groups in total. The Morgan fingerprint density at radius 2 is 2.31 bits per heavy atom. The molecule has 1 aromatic carbocycles. The first-order valence-electron chi connectivity index (χ1n) is 5.66. The molecular weight excluding hydrogens is 271 g/mol. The van der Waals surface area contributed by atoms with Gasteiger partial charge in [0.25, 0.3) is 0 Å². The Hall–Kier alpha value is -0.770. The molecule has 0 spiro atoms. The highest BCUT2D eigenvalue weighted by atomic mass is 79.9. The highest BCUT2D eigenvalue weighted by molar-refractivity contribution is 9.10. The number of halogens is 2. The summed E-state index contributed by atoms with van der Waals surface area (Å²) in [6.07, 6.45) is 1.20. The zero-order valence-electron chi connectivity index (χ0n) is 9.13. The Morgan fingerprint density at radius 1 is 1.50 bits per heavy atom. The van der Waals surface area contributed by atoms with Gasteiger partial charge in [-0.05, 0) is 34.3 Å². The number of hydrogen-bond donors (Lipinski definition) is 1. The molecule has 0 amide bonds. The van der Waals surface area contributed by atoms with Gasteiger partial charge in [0.15, 0.2) is 0 Å². The van der Waals surface area contributed by atoms with E-state index in [0.29, 0.717) is 16.4 Å². The van der Waals surface area contributed by atoms with E-state index >= 15 is 0 Å². The molecule has 2 heterocycles. The van der Waals surface area contributed by atoms with E-state index in [0.717, 1.165) is 24.5 Å². The van der Waals surface area contributed by atoms with E-state index < -0.39 is 0 Å². The summed E-state index contributed by atoms with van der Waals surface area (Å²) >= 11 is 3.23. The first-order valence-corrected chi connectivity index (χ1v) is 6.45. The number of rotatable bonds is 0. The number of hydrogen-bond acceptors (Lipinski definition) is 2. The highest BCUT2D eigenvalue weighted by Gasteiger charge is 2.35. The van der Waals surface area contributed by atoms with Crippen molar-refractivity contribution in [2.75, 3.05) is 23.3 Å². The van der Waals surface area contributed by atoms with Crippen LogP contribution in [0.2, 0.25) is 0 Å². The van der Waals surface area contributed by atoms with Crippen LogP contribution in [0.1, 0.15) is 13.3 Å². The number of nitrogens with zero attached hydrogens (tertiary/aromatic N) is 1. The van der Waals surface area contributed by atoms with Gasteiger partial charge in [0.2, 0.25) is 0 Å². The normalized spacial score (nSPS) is 27.3. The quantitative estimate of drug-likeness (QED) is 0.787. The maximum Gasteiger partial charge on any atom is 0.139 e. The van der Waals surface area contributed by atoms with Crippen molar-refractivity contribution < 1.29 is 4.39 Å². The molecule has 1 saturated heterocycles. The molecule has 2 atom stereocenters. The number of benzene rings is 1. The SMILES string of the molecule is CC1CCN2c3cc(F)c(Br)cc3NCC12. The van der Waals surface area contributed by atoms with Crippen LogP contribution in [0.5, 0.6) is 0 Å². The molecule has 16 heavy (non-hydrogen) atoms. The largest absolute Gasteiger partial charge is 0.381 e. The van der Waals surface area contributed by atoms with E-state index in [9.17, 15) is 4.39 Å². The second-order valence-electron chi connectivity index (χ2n) is 4.69. The average molecular weight is 285 g/mol. The summed E-state index contributed by atoms with van der Waals surface area (Å²) < 4.78 is 14.1. The van der Waals surface area contributed by atoms with Gasteiger partial charge in [-0.3, -0.25) is 0 Å². The highest BCUT2D eigenvalue weighted by Crippen LogP contribution is 2.40. The molecule has 2 aliphatic heterocycles. The van der Waals surface area contributed by atoms with Crippen LogP contribution in [-0.4, -0.2) is 19.1 Å². The van der Waals surface area contributed by atoms with E-state index in [1.54, 1.807) is 6.07 Å². The fraction of sp³-hybridized carbons (Fsp3) is 0.500. The summed E-state index contributed by atoms with van der Waals surface area (Å²) in [5, 5.41) is 3.39. The summed E-state index contributed by atoms with van der Waals surface area (Å²) in [6, 6.07) is 3.99. The maximum atomic E-state index is 13.6. The van der Waals surface area contributed by atoms with Crippen molar-refractivity contribution in [1.29, 1.82) is 0 Å². The van der Waals surface area contributed by atoms with Gasteiger partial charge in [0, 0.05) is 25.2 Å². The van der Waals surface area contributed by atoms with Crippen LogP contribution in [0.25, 0.3) is 0 Å². The standard InChI is InChI=1S/C12H14BrFN2/c1-7-2-3-16-11-5-9(14)8(13)4-10(11)15-6-12(7)16/h4-5,7,12,15H,2-3,6H2,1H3. The van der Waals surface area contributed by atoms with Crippen LogP contribution in [0.3, 0.4) is 0 Å². The molecule has 0 radical (unpaired) electrons. The molecule has 3 rings (SSSR count). The smallest absolute Gasteiger partial charge is 0.139 e. The number of nitrogens with one attached hydrogen (secondary N) is 1. The van der Waals surface area contributed by atoms with Crippen LogP contribution < -0.4 is 10.2 Å². The van der Waals surface area contributed by atoms with Gasteiger partial charge in [0.1, 0.15) is 5.82 Å². The van der Waals surface area contributed by atoms with Crippen LogP contribution in [0, 0.1) is 11.7 Å². The fourth-order valence-corrected chi connectivity index (χ4v) is 3.09. The lowest BCUT2D eigenvalue weighted by atomic mass is 10.0. The third-order valence-corrected chi connectivity index (χ3v) is 4.34. The van der Waals surface area contributed by atoms with Gasteiger partial charge in [-0.2, -0.15) is 0 Å². The van der Waals surface area contributed by atoms with Gasteiger partial charge < -0.3 is 10.2 Å². The Bertz CT molecular complexity index is 435. The predicted molar refractivity (Wildman–Crippen MR) is 67.5 cm³/mol. The lowest BCUT2D eigenvalue weighted by Crippen LogP contribution is -2.41. The minimum absolute atomic E-state index is 0.180. The number of anilines is 2. The van der Waals surface area contributed by atoms with E-state index in [1.807, 2.05) is 6.07 Å². The van der Waals surface area contributed by atoms with Crippen molar-refractivity contribution >= 4 is 27.3 Å². The molecule has 2 nitrogen and oxygen atoms in total. The average Bonchev–Trinajstić information content (AvgIpc) is 2.63. The Kier molecular flexibility index (Phi) is 2.35. The minimum Gasteiger partial charge on any atom is -0.381 e. The molecule has 1 aromatic rings. The van der Waals surface area contributed by atoms with Crippen molar-refractivity contribution in [3.63, 3.8) is 0 Å². The molecule has 1 fully saturated rings. The number of fused-ring (bicyclic) bond motifs is 3. The zero-order valence-corrected chi connectivity index (χ0v) is 10.7. The molecular formula is C12H14BrFN2. The second-order valence-corrected chi connectivity index (χ2v) is 5.55. The summed E-state index contributed by atoms with van der Waals surface area (Å²) in [6.45, 7) is 4.28.